The number of thioether (sulfide) groups is 1. The maximum absolute atomic E-state index is 5.42. The van der Waals surface area contributed by atoms with Crippen LogP contribution >= 0.6 is 24.0 Å². The Morgan fingerprint density at radius 1 is 1.07 bits per heavy atom. The van der Waals surface area contributed by atoms with Crippen LogP contribution in [0, 0.1) is 5.92 Å². The lowest BCUT2D eigenvalue weighted by atomic mass is 10.1. The first-order chi connectivity index (χ1) is 14.1. The number of hydrogen-bond acceptors (Lipinski definition) is 5. The molecule has 0 aliphatic carbocycles. The van der Waals surface area contributed by atoms with Crippen molar-refractivity contribution in [2.75, 3.05) is 17.7 Å². The highest BCUT2D eigenvalue weighted by Gasteiger charge is 2.05. The number of rotatable bonds is 9. The zero-order chi connectivity index (χ0) is 20.5. The Balaban J connectivity index is 1.57. The molecule has 3 aromatic rings. The van der Waals surface area contributed by atoms with Gasteiger partial charge in [0.1, 0.15) is 10.8 Å². The topological polar surface area (TPSA) is 49.8 Å². The molecule has 0 fully saturated rings. The van der Waals surface area contributed by atoms with Crippen molar-refractivity contribution < 1.29 is 0 Å². The van der Waals surface area contributed by atoms with Gasteiger partial charge in [-0.2, -0.15) is 0 Å². The number of aromatic nitrogens is 2. The summed E-state index contributed by atoms with van der Waals surface area (Å²) in [5, 5.41) is 6.65. The third-order valence-electron chi connectivity index (χ3n) is 4.34. The second-order valence-electron chi connectivity index (χ2n) is 7.13. The third kappa shape index (κ3) is 6.92. The minimum Gasteiger partial charge on any atom is -0.331 e. The first-order valence-corrected chi connectivity index (χ1v) is 11.1. The standard InChI is InChI=1S/C23H26N4S2/c1-17(2)10-12-25-16-29-21-7-3-5-18(13-21)19-8-9-22(26-15-19)27-23(28)20-6-4-11-24-14-20/h3-9,11,13-15,17,25H,10,12,16H2,1-2H3,(H,26,27,28). The number of thiocarbonyl (C=S) groups is 1. The molecule has 2 N–H and O–H groups in total. The maximum atomic E-state index is 5.42. The van der Waals surface area contributed by atoms with Gasteiger partial charge in [0.15, 0.2) is 0 Å². The van der Waals surface area contributed by atoms with Crippen molar-refractivity contribution in [3.63, 3.8) is 0 Å². The first kappa shape index (κ1) is 21.4. The predicted octanol–water partition coefficient (Wildman–Crippen LogP) is 5.62. The number of nitrogens with zero attached hydrogens (tertiary/aromatic N) is 2. The molecule has 0 saturated heterocycles. The van der Waals surface area contributed by atoms with E-state index >= 15 is 0 Å². The zero-order valence-electron chi connectivity index (χ0n) is 16.8. The van der Waals surface area contributed by atoms with Gasteiger partial charge in [-0.3, -0.25) is 4.98 Å². The van der Waals surface area contributed by atoms with E-state index < -0.39 is 0 Å². The molecule has 0 aliphatic heterocycles. The molecular weight excluding hydrogens is 396 g/mol. The molecule has 6 heteroatoms. The fraction of sp³-hybridized carbons (Fsp3) is 0.261. The summed E-state index contributed by atoms with van der Waals surface area (Å²) in [7, 11) is 0. The van der Waals surface area contributed by atoms with E-state index in [9.17, 15) is 0 Å². The summed E-state index contributed by atoms with van der Waals surface area (Å²) in [5.41, 5.74) is 3.12. The number of anilines is 1. The van der Waals surface area contributed by atoms with Crippen LogP contribution < -0.4 is 10.6 Å². The third-order valence-corrected chi connectivity index (χ3v) is 5.61. The van der Waals surface area contributed by atoms with Crippen LogP contribution in [0.5, 0.6) is 0 Å². The van der Waals surface area contributed by atoms with Crippen LogP contribution in [0.3, 0.4) is 0 Å². The maximum Gasteiger partial charge on any atom is 0.130 e. The van der Waals surface area contributed by atoms with Crippen molar-refractivity contribution in [2.45, 2.75) is 25.2 Å². The van der Waals surface area contributed by atoms with Crippen LogP contribution in [-0.2, 0) is 0 Å². The smallest absolute Gasteiger partial charge is 0.130 e. The van der Waals surface area contributed by atoms with Crippen molar-refractivity contribution >= 4 is 34.8 Å². The Hall–Kier alpha value is -2.28. The molecule has 29 heavy (non-hydrogen) atoms. The van der Waals surface area contributed by atoms with Crippen molar-refractivity contribution in [2.24, 2.45) is 5.92 Å². The molecule has 0 saturated carbocycles. The van der Waals surface area contributed by atoms with Crippen molar-refractivity contribution in [1.82, 2.24) is 15.3 Å². The fourth-order valence-electron chi connectivity index (χ4n) is 2.69. The molecule has 150 valence electrons. The van der Waals surface area contributed by atoms with E-state index in [2.05, 4.69) is 64.8 Å². The summed E-state index contributed by atoms with van der Waals surface area (Å²) in [5.74, 6) is 2.38. The Kier molecular flexibility index (Phi) is 8.16. The molecule has 0 atom stereocenters. The minimum absolute atomic E-state index is 0.613. The lowest BCUT2D eigenvalue weighted by molar-refractivity contribution is 0.559. The van der Waals surface area contributed by atoms with Crippen LogP contribution in [0.1, 0.15) is 25.8 Å². The largest absolute Gasteiger partial charge is 0.331 e. The van der Waals surface area contributed by atoms with Crippen LogP contribution in [-0.4, -0.2) is 27.4 Å². The van der Waals surface area contributed by atoms with E-state index in [1.807, 2.05) is 36.2 Å². The summed E-state index contributed by atoms with van der Waals surface area (Å²) < 4.78 is 0. The summed E-state index contributed by atoms with van der Waals surface area (Å²) in [6.07, 6.45) is 6.55. The lowest BCUT2D eigenvalue weighted by Crippen LogP contribution is -2.15. The van der Waals surface area contributed by atoms with Gasteiger partial charge in [0, 0.05) is 40.5 Å². The molecule has 0 radical (unpaired) electrons. The summed E-state index contributed by atoms with van der Waals surface area (Å²) in [4.78, 5) is 10.5. The van der Waals surface area contributed by atoms with Gasteiger partial charge in [0.05, 0.1) is 0 Å². The molecule has 1 aromatic carbocycles. The Bertz CT molecular complexity index is 912. The second-order valence-corrected chi connectivity index (χ2v) is 8.58. The van der Waals surface area contributed by atoms with Crippen molar-refractivity contribution in [3.8, 4) is 11.1 Å². The van der Waals surface area contributed by atoms with Gasteiger partial charge in [-0.1, -0.05) is 38.2 Å². The van der Waals surface area contributed by atoms with E-state index in [4.69, 9.17) is 12.2 Å². The van der Waals surface area contributed by atoms with Crippen LogP contribution in [0.25, 0.3) is 11.1 Å². The first-order valence-electron chi connectivity index (χ1n) is 9.73. The average molecular weight is 423 g/mol. The minimum atomic E-state index is 0.613. The highest BCUT2D eigenvalue weighted by Crippen LogP contribution is 2.25. The Labute approximate surface area is 182 Å². The molecule has 2 aromatic heterocycles. The summed E-state index contributed by atoms with van der Waals surface area (Å²) in [6, 6.07) is 16.4. The molecule has 0 unspecified atom stereocenters. The van der Waals surface area contributed by atoms with Crippen molar-refractivity contribution in [3.05, 3.63) is 72.7 Å². The lowest BCUT2D eigenvalue weighted by Gasteiger charge is -2.09. The van der Waals surface area contributed by atoms with Gasteiger partial charge >= 0.3 is 0 Å². The van der Waals surface area contributed by atoms with Gasteiger partial charge in [0.25, 0.3) is 0 Å². The average Bonchev–Trinajstić information content (AvgIpc) is 2.74. The molecule has 2 heterocycles. The van der Waals surface area contributed by atoms with Crippen LogP contribution in [0.15, 0.2) is 72.0 Å². The molecular formula is C23H26N4S2. The van der Waals surface area contributed by atoms with Gasteiger partial charge in [-0.25, -0.2) is 4.98 Å². The highest BCUT2D eigenvalue weighted by atomic mass is 32.2. The van der Waals surface area contributed by atoms with Crippen molar-refractivity contribution in [1.29, 1.82) is 0 Å². The number of nitrogens with one attached hydrogen (secondary N) is 2. The SMILES string of the molecule is CC(C)CCNCSc1cccc(-c2ccc(NC(=S)c3cccnc3)nc2)c1. The van der Waals surface area contributed by atoms with Gasteiger partial charge in [-0.15, -0.1) is 11.8 Å². The summed E-state index contributed by atoms with van der Waals surface area (Å²) in [6.45, 7) is 5.56. The van der Waals surface area contributed by atoms with Crippen LogP contribution in [0.2, 0.25) is 0 Å². The number of hydrogen-bond donors (Lipinski definition) is 2. The quantitative estimate of drug-likeness (QED) is 0.202. The molecule has 0 bridgehead atoms. The van der Waals surface area contributed by atoms with E-state index in [0.29, 0.717) is 4.99 Å². The van der Waals surface area contributed by atoms with E-state index in [0.717, 1.165) is 40.8 Å². The van der Waals surface area contributed by atoms with Gasteiger partial charge in [0.2, 0.25) is 0 Å². The molecule has 0 spiro atoms. The van der Waals surface area contributed by atoms with Gasteiger partial charge < -0.3 is 10.6 Å². The predicted molar refractivity (Wildman–Crippen MR) is 127 cm³/mol. The monoisotopic (exact) mass is 422 g/mol. The van der Waals surface area contributed by atoms with E-state index in [1.54, 1.807) is 12.4 Å². The number of benzene rings is 1. The van der Waals surface area contributed by atoms with E-state index in [-0.39, 0.29) is 0 Å². The van der Waals surface area contributed by atoms with E-state index in [1.165, 1.54) is 11.3 Å². The molecule has 0 amide bonds. The highest BCUT2D eigenvalue weighted by molar-refractivity contribution is 7.99. The number of pyridine rings is 2. The van der Waals surface area contributed by atoms with Gasteiger partial charge in [-0.05, 0) is 60.8 Å². The second kappa shape index (κ2) is 11.0. The summed E-state index contributed by atoms with van der Waals surface area (Å²) >= 11 is 7.24. The normalized spacial score (nSPS) is 10.9. The molecule has 4 nitrogen and oxygen atoms in total. The van der Waals surface area contributed by atoms with Crippen LogP contribution in [0.4, 0.5) is 5.82 Å². The molecule has 3 rings (SSSR count). The zero-order valence-corrected chi connectivity index (χ0v) is 18.4. The Morgan fingerprint density at radius 3 is 2.69 bits per heavy atom. The fourth-order valence-corrected chi connectivity index (χ4v) is 3.71. The Morgan fingerprint density at radius 2 is 1.97 bits per heavy atom. The molecule has 0 aliphatic rings.